The zero-order valence-corrected chi connectivity index (χ0v) is 13.3. The van der Waals surface area contributed by atoms with Gasteiger partial charge in [-0.05, 0) is 31.5 Å². The van der Waals surface area contributed by atoms with Gasteiger partial charge in [0, 0.05) is 48.5 Å². The fourth-order valence-electron chi connectivity index (χ4n) is 2.70. The lowest BCUT2D eigenvalue weighted by Gasteiger charge is -2.39. The summed E-state index contributed by atoms with van der Waals surface area (Å²) < 4.78 is 0. The lowest BCUT2D eigenvalue weighted by atomic mass is 10.1. The van der Waals surface area contributed by atoms with Crippen molar-refractivity contribution in [2.24, 2.45) is 10.9 Å². The Labute approximate surface area is 131 Å². The SMILES string of the molecule is CCC(C)N1CCN(c2ccc(Cl)cc2C(N)=NO)CC1. The number of halogens is 1. The Morgan fingerprint density at radius 3 is 2.62 bits per heavy atom. The number of piperazine rings is 1. The summed E-state index contributed by atoms with van der Waals surface area (Å²) in [6.45, 7) is 8.38. The second kappa shape index (κ2) is 7.00. The number of oxime groups is 1. The van der Waals surface area contributed by atoms with Gasteiger partial charge in [0.25, 0.3) is 0 Å². The molecule has 0 spiro atoms. The van der Waals surface area contributed by atoms with E-state index in [-0.39, 0.29) is 5.84 Å². The molecule has 1 aromatic rings. The van der Waals surface area contributed by atoms with Gasteiger partial charge < -0.3 is 15.8 Å². The summed E-state index contributed by atoms with van der Waals surface area (Å²) in [4.78, 5) is 4.76. The fourth-order valence-corrected chi connectivity index (χ4v) is 2.88. The van der Waals surface area contributed by atoms with Gasteiger partial charge in [-0.3, -0.25) is 4.90 Å². The van der Waals surface area contributed by atoms with E-state index in [0.717, 1.165) is 38.3 Å². The average Bonchev–Trinajstić information content (AvgIpc) is 2.53. The fraction of sp³-hybridized carbons (Fsp3) is 0.533. The number of rotatable bonds is 4. The Bertz CT molecular complexity index is 512. The second-order valence-corrected chi connectivity index (χ2v) is 5.86. The minimum Gasteiger partial charge on any atom is -0.409 e. The van der Waals surface area contributed by atoms with Gasteiger partial charge in [-0.15, -0.1) is 0 Å². The molecule has 2 rings (SSSR count). The largest absolute Gasteiger partial charge is 0.409 e. The Hall–Kier alpha value is -1.46. The van der Waals surface area contributed by atoms with Crippen molar-refractivity contribution < 1.29 is 5.21 Å². The van der Waals surface area contributed by atoms with Crippen LogP contribution in [0.4, 0.5) is 5.69 Å². The van der Waals surface area contributed by atoms with Crippen LogP contribution in [-0.4, -0.2) is 48.2 Å². The molecule has 116 valence electrons. The molecule has 21 heavy (non-hydrogen) atoms. The molecular weight excluding hydrogens is 288 g/mol. The Morgan fingerprint density at radius 2 is 2.05 bits per heavy atom. The summed E-state index contributed by atoms with van der Waals surface area (Å²) in [7, 11) is 0. The highest BCUT2D eigenvalue weighted by molar-refractivity contribution is 6.31. The van der Waals surface area contributed by atoms with Crippen LogP contribution in [0.1, 0.15) is 25.8 Å². The number of hydrogen-bond donors (Lipinski definition) is 2. The molecule has 1 aliphatic rings. The predicted molar refractivity (Wildman–Crippen MR) is 87.5 cm³/mol. The standard InChI is InChI=1S/C15H23ClN4O/c1-3-11(2)19-6-8-20(9-7-19)14-5-4-12(16)10-13(14)15(17)18-21/h4-5,10-11,21H,3,6-9H2,1-2H3,(H2,17,18). The highest BCUT2D eigenvalue weighted by atomic mass is 35.5. The van der Waals surface area contributed by atoms with E-state index in [2.05, 4.69) is 28.8 Å². The third kappa shape index (κ3) is 3.60. The van der Waals surface area contributed by atoms with Gasteiger partial charge in [-0.2, -0.15) is 0 Å². The molecule has 0 saturated carbocycles. The van der Waals surface area contributed by atoms with Crippen LogP contribution in [0.2, 0.25) is 5.02 Å². The third-order valence-electron chi connectivity index (χ3n) is 4.21. The van der Waals surface area contributed by atoms with Crippen molar-refractivity contribution in [1.82, 2.24) is 4.90 Å². The summed E-state index contributed by atoms with van der Waals surface area (Å²) in [5.41, 5.74) is 7.43. The molecule has 5 nitrogen and oxygen atoms in total. The number of nitrogens with zero attached hydrogens (tertiary/aromatic N) is 3. The van der Waals surface area contributed by atoms with Crippen LogP contribution >= 0.6 is 11.6 Å². The number of anilines is 1. The lowest BCUT2D eigenvalue weighted by molar-refractivity contribution is 0.193. The van der Waals surface area contributed by atoms with Gasteiger partial charge in [-0.25, -0.2) is 0 Å². The van der Waals surface area contributed by atoms with Crippen molar-refractivity contribution in [2.75, 3.05) is 31.1 Å². The molecule has 1 aliphatic heterocycles. The minimum absolute atomic E-state index is 0.0943. The van der Waals surface area contributed by atoms with Crippen molar-refractivity contribution in [1.29, 1.82) is 0 Å². The van der Waals surface area contributed by atoms with E-state index in [1.54, 1.807) is 6.07 Å². The van der Waals surface area contributed by atoms with Gasteiger partial charge in [0.2, 0.25) is 0 Å². The van der Waals surface area contributed by atoms with E-state index in [9.17, 15) is 0 Å². The summed E-state index contributed by atoms with van der Waals surface area (Å²) in [6, 6.07) is 6.13. The van der Waals surface area contributed by atoms with Crippen LogP contribution in [0.25, 0.3) is 0 Å². The number of benzene rings is 1. The van der Waals surface area contributed by atoms with Crippen molar-refractivity contribution in [3.63, 3.8) is 0 Å². The van der Waals surface area contributed by atoms with Crippen LogP contribution in [0, 0.1) is 0 Å². The minimum atomic E-state index is 0.0943. The van der Waals surface area contributed by atoms with E-state index in [1.807, 2.05) is 12.1 Å². The average molecular weight is 311 g/mol. The van der Waals surface area contributed by atoms with E-state index >= 15 is 0 Å². The molecule has 6 heteroatoms. The number of hydrogen-bond acceptors (Lipinski definition) is 4. The first-order chi connectivity index (χ1) is 10.1. The lowest BCUT2D eigenvalue weighted by Crippen LogP contribution is -2.49. The molecule has 0 aliphatic carbocycles. The molecule has 1 atom stereocenters. The molecule has 0 radical (unpaired) electrons. The van der Waals surface area contributed by atoms with Gasteiger partial charge in [0.15, 0.2) is 5.84 Å². The molecule has 1 unspecified atom stereocenters. The predicted octanol–water partition coefficient (Wildman–Crippen LogP) is 2.36. The summed E-state index contributed by atoms with van der Waals surface area (Å²) in [5, 5.41) is 12.6. The molecular formula is C15H23ClN4O. The Morgan fingerprint density at radius 1 is 1.38 bits per heavy atom. The normalized spacial score (nSPS) is 18.8. The third-order valence-corrected chi connectivity index (χ3v) is 4.45. The van der Waals surface area contributed by atoms with Crippen molar-refractivity contribution in [3.8, 4) is 0 Å². The molecule has 3 N–H and O–H groups in total. The van der Waals surface area contributed by atoms with E-state index in [4.69, 9.17) is 22.5 Å². The van der Waals surface area contributed by atoms with Crippen LogP contribution in [0.15, 0.2) is 23.4 Å². The molecule has 1 saturated heterocycles. The van der Waals surface area contributed by atoms with E-state index < -0.39 is 0 Å². The van der Waals surface area contributed by atoms with Crippen LogP contribution < -0.4 is 10.6 Å². The quantitative estimate of drug-likeness (QED) is 0.388. The highest BCUT2D eigenvalue weighted by Crippen LogP contribution is 2.26. The molecule has 1 heterocycles. The molecule has 0 amide bonds. The van der Waals surface area contributed by atoms with Crippen LogP contribution in [0.5, 0.6) is 0 Å². The van der Waals surface area contributed by atoms with Crippen molar-refractivity contribution in [2.45, 2.75) is 26.3 Å². The van der Waals surface area contributed by atoms with E-state index in [1.165, 1.54) is 0 Å². The summed E-state index contributed by atoms with van der Waals surface area (Å²) >= 11 is 6.02. The highest BCUT2D eigenvalue weighted by Gasteiger charge is 2.22. The van der Waals surface area contributed by atoms with Crippen molar-refractivity contribution in [3.05, 3.63) is 28.8 Å². The van der Waals surface area contributed by atoms with E-state index in [0.29, 0.717) is 16.6 Å². The van der Waals surface area contributed by atoms with Gasteiger partial charge >= 0.3 is 0 Å². The Kier molecular flexibility index (Phi) is 5.31. The second-order valence-electron chi connectivity index (χ2n) is 5.43. The van der Waals surface area contributed by atoms with Gasteiger partial charge in [0.1, 0.15) is 0 Å². The molecule has 1 aromatic carbocycles. The number of amidine groups is 1. The first-order valence-electron chi connectivity index (χ1n) is 7.33. The van der Waals surface area contributed by atoms with Crippen LogP contribution in [-0.2, 0) is 0 Å². The maximum absolute atomic E-state index is 8.94. The molecule has 1 fully saturated rings. The maximum Gasteiger partial charge on any atom is 0.172 e. The van der Waals surface area contributed by atoms with Crippen molar-refractivity contribution >= 4 is 23.1 Å². The zero-order chi connectivity index (χ0) is 15.4. The summed E-state index contributed by atoms with van der Waals surface area (Å²) in [6.07, 6.45) is 1.16. The smallest absolute Gasteiger partial charge is 0.172 e. The zero-order valence-electron chi connectivity index (χ0n) is 12.6. The topological polar surface area (TPSA) is 65.1 Å². The van der Waals surface area contributed by atoms with Gasteiger partial charge in [-0.1, -0.05) is 23.7 Å². The number of nitrogens with two attached hydrogens (primary N) is 1. The molecule has 0 aromatic heterocycles. The Balaban J connectivity index is 2.17. The van der Waals surface area contributed by atoms with Crippen LogP contribution in [0.3, 0.4) is 0 Å². The summed E-state index contributed by atoms with van der Waals surface area (Å²) in [5.74, 6) is 0.0943. The molecule has 0 bridgehead atoms. The maximum atomic E-state index is 8.94. The first-order valence-corrected chi connectivity index (χ1v) is 7.71. The first kappa shape index (κ1) is 15.9. The van der Waals surface area contributed by atoms with Gasteiger partial charge in [0.05, 0.1) is 0 Å². The monoisotopic (exact) mass is 310 g/mol.